The van der Waals surface area contributed by atoms with E-state index < -0.39 is 23.8 Å². The molecule has 4 rings (SSSR count). The van der Waals surface area contributed by atoms with Crippen LogP contribution in [0.2, 0.25) is 0 Å². The molecule has 0 aliphatic rings. The molecular weight excluding hydrogens is 444 g/mol. The lowest BCUT2D eigenvalue weighted by Crippen LogP contribution is -2.20. The van der Waals surface area contributed by atoms with Gasteiger partial charge in [-0.15, -0.1) is 0 Å². The first kappa shape index (κ1) is 21.8. The number of nitrogens with zero attached hydrogens (tertiary/aromatic N) is 2. The van der Waals surface area contributed by atoms with Crippen LogP contribution in [0.1, 0.15) is 17.2 Å². The van der Waals surface area contributed by atoms with Gasteiger partial charge in [0, 0.05) is 23.8 Å². The van der Waals surface area contributed by atoms with E-state index >= 15 is 0 Å². The molecule has 0 aliphatic carbocycles. The fourth-order valence-electron chi connectivity index (χ4n) is 3.08. The summed E-state index contributed by atoms with van der Waals surface area (Å²) in [6.07, 6.45) is -2.70. The smallest absolute Gasteiger partial charge is 0.382 e. The third-order valence-electron chi connectivity index (χ3n) is 4.79. The number of nitrogens with one attached hydrogen (secondary N) is 2. The van der Waals surface area contributed by atoms with E-state index in [1.54, 1.807) is 6.20 Å². The molecule has 3 N–H and O–H groups in total. The lowest BCUT2D eigenvalue weighted by Gasteiger charge is -2.14. The van der Waals surface area contributed by atoms with E-state index in [4.69, 9.17) is 5.41 Å². The molecule has 4 aromatic rings. The summed E-state index contributed by atoms with van der Waals surface area (Å²) in [5.41, 5.74) is 0.104. The lowest BCUT2D eigenvalue weighted by molar-refractivity contribution is -0.137. The quantitative estimate of drug-likeness (QED) is 0.196. The average molecular weight is 460 g/mol. The number of rotatable bonds is 6. The van der Waals surface area contributed by atoms with E-state index in [0.29, 0.717) is 10.5 Å². The molecule has 0 saturated heterocycles. The predicted octanol–water partition coefficient (Wildman–Crippen LogP) is 5.68. The molecule has 2 aromatic heterocycles. The Morgan fingerprint density at radius 3 is 2.50 bits per heavy atom. The van der Waals surface area contributed by atoms with Crippen molar-refractivity contribution < 1.29 is 22.7 Å². The van der Waals surface area contributed by atoms with Gasteiger partial charge in [-0.05, 0) is 34.7 Å². The van der Waals surface area contributed by atoms with Crippen molar-refractivity contribution in [3.63, 3.8) is 0 Å². The van der Waals surface area contributed by atoms with Gasteiger partial charge in [0.1, 0.15) is 6.10 Å². The average Bonchev–Trinajstić information content (AvgIpc) is 3.25. The van der Waals surface area contributed by atoms with Crippen LogP contribution in [0.3, 0.4) is 0 Å². The normalized spacial score (nSPS) is 12.7. The van der Waals surface area contributed by atoms with Gasteiger partial charge in [0.25, 0.3) is 0 Å². The summed E-state index contributed by atoms with van der Waals surface area (Å²) in [5.74, 6) is -0.563. The molecule has 0 radical (unpaired) electrons. The molecule has 2 aromatic carbocycles. The number of aromatic nitrogens is 2. The SMILES string of the molecule is N=C(CNc1ncc(-c2ccc3cnc(F)cc3c2)s1)[C@@H](O)c1ccc(C(F)(F)F)cc1. The molecule has 10 heteroatoms. The van der Waals surface area contributed by atoms with Crippen LogP contribution in [0, 0.1) is 11.4 Å². The Hall–Kier alpha value is -3.37. The largest absolute Gasteiger partial charge is 0.416 e. The fraction of sp³-hybridized carbons (Fsp3) is 0.136. The van der Waals surface area contributed by atoms with E-state index in [-0.39, 0.29) is 17.8 Å². The summed E-state index contributed by atoms with van der Waals surface area (Å²) in [5, 5.41) is 23.3. The second-order valence-corrected chi connectivity index (χ2v) is 8.03. The van der Waals surface area contributed by atoms with Crippen LogP contribution in [0.15, 0.2) is 60.9 Å². The molecule has 0 bridgehead atoms. The Morgan fingerprint density at radius 1 is 1.03 bits per heavy atom. The Bertz CT molecular complexity index is 1270. The van der Waals surface area contributed by atoms with E-state index in [1.807, 2.05) is 18.2 Å². The van der Waals surface area contributed by atoms with Crippen LogP contribution in [-0.2, 0) is 6.18 Å². The number of alkyl halides is 3. The third kappa shape index (κ3) is 4.76. The number of pyridine rings is 1. The second-order valence-electron chi connectivity index (χ2n) is 7.00. The highest BCUT2D eigenvalue weighted by Crippen LogP contribution is 2.32. The zero-order chi connectivity index (χ0) is 22.9. The van der Waals surface area contributed by atoms with Crippen molar-refractivity contribution in [2.45, 2.75) is 12.3 Å². The molecule has 1 atom stereocenters. The maximum absolute atomic E-state index is 13.4. The van der Waals surface area contributed by atoms with Crippen LogP contribution in [-0.4, -0.2) is 27.3 Å². The van der Waals surface area contributed by atoms with Crippen molar-refractivity contribution in [1.29, 1.82) is 5.41 Å². The van der Waals surface area contributed by atoms with Gasteiger partial charge in [0.05, 0.1) is 22.7 Å². The molecule has 0 spiro atoms. The van der Waals surface area contributed by atoms with Gasteiger partial charge in [0.2, 0.25) is 5.95 Å². The van der Waals surface area contributed by atoms with Crippen LogP contribution >= 0.6 is 11.3 Å². The van der Waals surface area contributed by atoms with Crippen molar-refractivity contribution in [1.82, 2.24) is 9.97 Å². The van der Waals surface area contributed by atoms with Crippen LogP contribution in [0.5, 0.6) is 0 Å². The molecule has 0 aliphatic heterocycles. The zero-order valence-corrected chi connectivity index (χ0v) is 17.1. The van der Waals surface area contributed by atoms with E-state index in [0.717, 1.165) is 40.1 Å². The minimum absolute atomic E-state index is 0.0380. The van der Waals surface area contributed by atoms with Crippen molar-refractivity contribution in [3.8, 4) is 10.4 Å². The van der Waals surface area contributed by atoms with Gasteiger partial charge in [-0.3, -0.25) is 0 Å². The Kier molecular flexibility index (Phi) is 5.90. The number of halogens is 4. The van der Waals surface area contributed by atoms with Gasteiger partial charge < -0.3 is 15.8 Å². The third-order valence-corrected chi connectivity index (χ3v) is 5.80. The first-order valence-corrected chi connectivity index (χ1v) is 10.2. The van der Waals surface area contributed by atoms with Gasteiger partial charge >= 0.3 is 6.18 Å². The van der Waals surface area contributed by atoms with Crippen LogP contribution in [0.4, 0.5) is 22.7 Å². The highest BCUT2D eigenvalue weighted by molar-refractivity contribution is 7.18. The van der Waals surface area contributed by atoms with Crippen LogP contribution in [0.25, 0.3) is 21.2 Å². The number of benzene rings is 2. The minimum Gasteiger partial charge on any atom is -0.382 e. The van der Waals surface area contributed by atoms with E-state index in [1.165, 1.54) is 23.6 Å². The molecule has 0 amide bonds. The first-order valence-electron chi connectivity index (χ1n) is 9.38. The highest BCUT2D eigenvalue weighted by Gasteiger charge is 2.30. The van der Waals surface area contributed by atoms with Gasteiger partial charge in [-0.2, -0.15) is 17.6 Å². The summed E-state index contributed by atoms with van der Waals surface area (Å²) in [6, 6.07) is 10.9. The molecule has 5 nitrogen and oxygen atoms in total. The van der Waals surface area contributed by atoms with Crippen molar-refractivity contribution >= 4 is 33.0 Å². The summed E-state index contributed by atoms with van der Waals surface area (Å²) >= 11 is 1.32. The zero-order valence-electron chi connectivity index (χ0n) is 16.3. The second kappa shape index (κ2) is 8.64. The standard InChI is InChI=1S/C22H16F4N4OS/c23-19-8-15-7-13(1-2-14(15)9-28-19)18-11-30-21(32-18)29-10-17(27)20(31)12-3-5-16(6-4-12)22(24,25)26/h1-9,11,20,27,31H,10H2,(H,29,30)/t20-/m0/s1. The van der Waals surface area contributed by atoms with Crippen LogP contribution < -0.4 is 5.32 Å². The van der Waals surface area contributed by atoms with Gasteiger partial charge in [0.15, 0.2) is 5.13 Å². The van der Waals surface area contributed by atoms with Crippen molar-refractivity contribution in [2.24, 2.45) is 0 Å². The van der Waals surface area contributed by atoms with E-state index in [9.17, 15) is 22.7 Å². The van der Waals surface area contributed by atoms with Gasteiger partial charge in [-0.25, -0.2) is 9.97 Å². The molecule has 0 fully saturated rings. The summed E-state index contributed by atoms with van der Waals surface area (Å²) in [7, 11) is 0. The molecule has 0 unspecified atom stereocenters. The summed E-state index contributed by atoms with van der Waals surface area (Å²) in [6.45, 7) is -0.0380. The number of hydrogen-bond donors (Lipinski definition) is 3. The molecule has 2 heterocycles. The van der Waals surface area contributed by atoms with Crippen molar-refractivity contribution in [2.75, 3.05) is 11.9 Å². The number of anilines is 1. The number of thiazole rings is 1. The Labute approximate surface area is 183 Å². The molecule has 32 heavy (non-hydrogen) atoms. The first-order chi connectivity index (χ1) is 15.2. The molecular formula is C22H16F4N4OS. The number of hydrogen-bond acceptors (Lipinski definition) is 6. The topological polar surface area (TPSA) is 81.9 Å². The van der Waals surface area contributed by atoms with E-state index in [2.05, 4.69) is 15.3 Å². The highest BCUT2D eigenvalue weighted by atomic mass is 32.1. The molecule has 164 valence electrons. The summed E-state index contributed by atoms with van der Waals surface area (Å²) in [4.78, 5) is 8.70. The molecule has 0 saturated carbocycles. The van der Waals surface area contributed by atoms with Gasteiger partial charge in [-0.1, -0.05) is 35.6 Å². The Balaban J connectivity index is 1.41. The minimum atomic E-state index is -4.46. The number of aliphatic hydroxyl groups excluding tert-OH is 1. The number of aliphatic hydroxyl groups is 1. The predicted molar refractivity (Wildman–Crippen MR) is 115 cm³/mol. The summed E-state index contributed by atoms with van der Waals surface area (Å²) < 4.78 is 51.4. The fourth-order valence-corrected chi connectivity index (χ4v) is 3.89. The monoisotopic (exact) mass is 460 g/mol. The Morgan fingerprint density at radius 2 is 1.78 bits per heavy atom. The lowest BCUT2D eigenvalue weighted by atomic mass is 10.0. The maximum atomic E-state index is 13.4. The van der Waals surface area contributed by atoms with Crippen molar-refractivity contribution in [3.05, 3.63) is 78.0 Å². The number of fused-ring (bicyclic) bond motifs is 1. The maximum Gasteiger partial charge on any atom is 0.416 e.